The van der Waals surface area contributed by atoms with Crippen molar-refractivity contribution in [1.82, 2.24) is 5.32 Å². The fourth-order valence-corrected chi connectivity index (χ4v) is 2.12. The van der Waals surface area contributed by atoms with E-state index in [0.717, 1.165) is 16.7 Å². The predicted molar refractivity (Wildman–Crippen MR) is 77.1 cm³/mol. The third-order valence-electron chi connectivity index (χ3n) is 3.31. The zero-order valence-electron chi connectivity index (χ0n) is 12.0. The minimum Gasteiger partial charge on any atom is -0.475 e. The molecule has 0 aliphatic heterocycles. The molecule has 0 aliphatic rings. The second kappa shape index (κ2) is 6.26. The van der Waals surface area contributed by atoms with E-state index in [9.17, 15) is 9.59 Å². The third kappa shape index (κ3) is 3.72. The summed E-state index contributed by atoms with van der Waals surface area (Å²) < 4.78 is 5.08. The van der Waals surface area contributed by atoms with Crippen LogP contribution >= 0.6 is 0 Å². The first-order valence-corrected chi connectivity index (χ1v) is 6.61. The molecule has 21 heavy (non-hydrogen) atoms. The van der Waals surface area contributed by atoms with Crippen molar-refractivity contribution in [3.8, 4) is 0 Å². The Morgan fingerprint density at radius 3 is 2.38 bits per heavy atom. The molecule has 1 amide bonds. The van der Waals surface area contributed by atoms with Gasteiger partial charge in [0.15, 0.2) is 0 Å². The maximum atomic E-state index is 12.0. The maximum absolute atomic E-state index is 12.0. The number of carbonyl (C=O) groups is 2. The van der Waals surface area contributed by atoms with Crippen molar-refractivity contribution in [2.75, 3.05) is 0 Å². The number of aryl methyl sites for hydroxylation is 2. The van der Waals surface area contributed by atoms with E-state index in [1.54, 1.807) is 6.07 Å². The molecule has 0 radical (unpaired) electrons. The van der Waals surface area contributed by atoms with E-state index < -0.39 is 5.97 Å². The molecular weight excluding hydrogens is 270 g/mol. The monoisotopic (exact) mass is 287 g/mol. The van der Waals surface area contributed by atoms with E-state index in [-0.39, 0.29) is 18.2 Å². The first-order chi connectivity index (χ1) is 9.97. The predicted octanol–water partition coefficient (Wildman–Crippen LogP) is 2.45. The zero-order valence-corrected chi connectivity index (χ0v) is 12.0. The van der Waals surface area contributed by atoms with Crippen LogP contribution in [0, 0.1) is 13.8 Å². The smallest absolute Gasteiger partial charge is 0.371 e. The molecule has 2 N–H and O–H groups in total. The zero-order chi connectivity index (χ0) is 15.4. The summed E-state index contributed by atoms with van der Waals surface area (Å²) in [5.41, 5.74) is 3.17. The van der Waals surface area contributed by atoms with Crippen molar-refractivity contribution in [3.05, 3.63) is 58.5 Å². The largest absolute Gasteiger partial charge is 0.475 e. The van der Waals surface area contributed by atoms with Crippen LogP contribution in [0.2, 0.25) is 0 Å². The Bertz CT molecular complexity index is 652. The fourth-order valence-electron chi connectivity index (χ4n) is 2.12. The highest BCUT2D eigenvalue weighted by Crippen LogP contribution is 2.14. The van der Waals surface area contributed by atoms with Crippen LogP contribution in [0.3, 0.4) is 0 Å². The molecule has 0 unspecified atom stereocenters. The third-order valence-corrected chi connectivity index (χ3v) is 3.31. The lowest BCUT2D eigenvalue weighted by atomic mass is 10.00. The van der Waals surface area contributed by atoms with Crippen molar-refractivity contribution in [2.24, 2.45) is 0 Å². The van der Waals surface area contributed by atoms with E-state index in [0.29, 0.717) is 12.2 Å². The molecule has 0 atom stereocenters. The van der Waals surface area contributed by atoms with Gasteiger partial charge >= 0.3 is 5.97 Å². The average Bonchev–Trinajstić information content (AvgIpc) is 2.90. The number of nitrogens with one attached hydrogen (secondary N) is 1. The van der Waals surface area contributed by atoms with Gasteiger partial charge in [-0.15, -0.1) is 0 Å². The number of carboxylic acids is 1. The quantitative estimate of drug-likeness (QED) is 0.885. The average molecular weight is 287 g/mol. The molecule has 0 spiro atoms. The summed E-state index contributed by atoms with van der Waals surface area (Å²) in [7, 11) is 0. The summed E-state index contributed by atoms with van der Waals surface area (Å²) in [5.74, 6) is -0.958. The molecule has 2 aromatic rings. The highest BCUT2D eigenvalue weighted by molar-refractivity contribution is 5.84. The van der Waals surface area contributed by atoms with Crippen LogP contribution < -0.4 is 5.32 Å². The maximum Gasteiger partial charge on any atom is 0.371 e. The van der Waals surface area contributed by atoms with E-state index in [1.807, 2.05) is 32.0 Å². The molecular formula is C16H17NO4. The van der Waals surface area contributed by atoms with Gasteiger partial charge in [0, 0.05) is 0 Å². The Morgan fingerprint density at radius 2 is 1.81 bits per heavy atom. The number of carbonyl (C=O) groups excluding carboxylic acids is 1. The number of carboxylic acid groups (broad SMARTS) is 1. The molecule has 5 heteroatoms. The molecule has 0 fully saturated rings. The molecule has 1 aromatic heterocycles. The Kier molecular flexibility index (Phi) is 4.42. The Labute approximate surface area is 122 Å². The number of rotatable bonds is 5. The van der Waals surface area contributed by atoms with Crippen molar-refractivity contribution >= 4 is 11.9 Å². The van der Waals surface area contributed by atoms with Crippen LogP contribution in [0.5, 0.6) is 0 Å². The van der Waals surface area contributed by atoms with Gasteiger partial charge in [0.2, 0.25) is 11.7 Å². The Balaban J connectivity index is 1.94. The van der Waals surface area contributed by atoms with E-state index >= 15 is 0 Å². The van der Waals surface area contributed by atoms with E-state index in [4.69, 9.17) is 9.52 Å². The Morgan fingerprint density at radius 1 is 1.14 bits per heavy atom. The molecule has 2 rings (SSSR count). The van der Waals surface area contributed by atoms with Gasteiger partial charge in [-0.25, -0.2) is 4.79 Å². The normalized spacial score (nSPS) is 10.4. The van der Waals surface area contributed by atoms with Crippen molar-refractivity contribution in [2.45, 2.75) is 26.8 Å². The minimum absolute atomic E-state index is 0.124. The standard InChI is InChI=1S/C16H17NO4/c1-10-4-3-5-11(2)13(10)8-15(18)17-9-12-6-7-14(21-12)16(19)20/h3-7H,8-9H2,1-2H3,(H,17,18)(H,19,20). The van der Waals surface area contributed by atoms with Crippen LogP contribution in [0.1, 0.15) is 33.0 Å². The number of furan rings is 1. The van der Waals surface area contributed by atoms with E-state index in [1.165, 1.54) is 6.07 Å². The summed E-state index contributed by atoms with van der Waals surface area (Å²) in [6, 6.07) is 8.82. The molecule has 5 nitrogen and oxygen atoms in total. The van der Waals surface area contributed by atoms with Crippen LogP contribution in [0.25, 0.3) is 0 Å². The highest BCUT2D eigenvalue weighted by atomic mass is 16.4. The summed E-state index contributed by atoms with van der Waals surface area (Å²) in [4.78, 5) is 22.6. The van der Waals surface area contributed by atoms with Crippen LogP contribution in [0.4, 0.5) is 0 Å². The van der Waals surface area contributed by atoms with Crippen molar-refractivity contribution < 1.29 is 19.1 Å². The van der Waals surface area contributed by atoms with Gasteiger partial charge in [-0.05, 0) is 42.7 Å². The molecule has 0 saturated carbocycles. The second-order valence-corrected chi connectivity index (χ2v) is 4.89. The second-order valence-electron chi connectivity index (χ2n) is 4.89. The lowest BCUT2D eigenvalue weighted by Crippen LogP contribution is -2.25. The number of hydrogen-bond acceptors (Lipinski definition) is 3. The van der Waals surface area contributed by atoms with Gasteiger partial charge in [-0.1, -0.05) is 18.2 Å². The van der Waals surface area contributed by atoms with Crippen LogP contribution in [0.15, 0.2) is 34.7 Å². The molecule has 110 valence electrons. The molecule has 0 bridgehead atoms. The van der Waals surface area contributed by atoms with Gasteiger partial charge in [0.05, 0.1) is 13.0 Å². The lowest BCUT2D eigenvalue weighted by Gasteiger charge is -2.09. The number of hydrogen-bond donors (Lipinski definition) is 2. The number of benzene rings is 1. The van der Waals surface area contributed by atoms with E-state index in [2.05, 4.69) is 5.32 Å². The molecule has 0 saturated heterocycles. The van der Waals surface area contributed by atoms with Gasteiger partial charge < -0.3 is 14.8 Å². The van der Waals surface area contributed by atoms with Crippen LogP contribution in [-0.2, 0) is 17.8 Å². The number of aromatic carboxylic acids is 1. The first kappa shape index (κ1) is 14.8. The summed E-state index contributed by atoms with van der Waals surface area (Å²) in [5, 5.41) is 11.5. The molecule has 1 heterocycles. The summed E-state index contributed by atoms with van der Waals surface area (Å²) in [6.07, 6.45) is 0.297. The minimum atomic E-state index is -1.12. The number of amides is 1. The van der Waals surface area contributed by atoms with Crippen LogP contribution in [-0.4, -0.2) is 17.0 Å². The molecule has 0 aliphatic carbocycles. The lowest BCUT2D eigenvalue weighted by molar-refractivity contribution is -0.120. The molecule has 1 aromatic carbocycles. The summed E-state index contributed by atoms with van der Waals surface area (Å²) >= 11 is 0. The fraction of sp³-hybridized carbons (Fsp3) is 0.250. The van der Waals surface area contributed by atoms with Crippen molar-refractivity contribution in [3.63, 3.8) is 0 Å². The summed E-state index contributed by atoms with van der Waals surface area (Å²) in [6.45, 7) is 4.12. The van der Waals surface area contributed by atoms with Gasteiger partial charge in [0.1, 0.15) is 5.76 Å². The topological polar surface area (TPSA) is 79.5 Å². The van der Waals surface area contributed by atoms with Crippen molar-refractivity contribution in [1.29, 1.82) is 0 Å². The first-order valence-electron chi connectivity index (χ1n) is 6.61. The Hall–Kier alpha value is -2.56. The van der Waals surface area contributed by atoms with Gasteiger partial charge in [-0.2, -0.15) is 0 Å². The van der Waals surface area contributed by atoms with Gasteiger partial charge in [-0.3, -0.25) is 4.79 Å². The SMILES string of the molecule is Cc1cccc(C)c1CC(=O)NCc1ccc(C(=O)O)o1. The highest BCUT2D eigenvalue weighted by Gasteiger charge is 2.11. The van der Waals surface area contributed by atoms with Gasteiger partial charge in [0.25, 0.3) is 0 Å².